The quantitative estimate of drug-likeness (QED) is 0.821. The van der Waals surface area contributed by atoms with Crippen molar-refractivity contribution in [3.63, 3.8) is 0 Å². The Hall–Kier alpha value is -2.60. The highest BCUT2D eigenvalue weighted by Crippen LogP contribution is 2.24. The van der Waals surface area contributed by atoms with Crippen molar-refractivity contribution in [3.8, 4) is 11.8 Å². The third kappa shape index (κ3) is 5.46. The van der Waals surface area contributed by atoms with E-state index < -0.39 is 0 Å². The van der Waals surface area contributed by atoms with Gasteiger partial charge in [0.05, 0.1) is 0 Å². The highest BCUT2D eigenvalue weighted by Gasteiger charge is 2.25. The molecule has 0 saturated carbocycles. The molecule has 0 fully saturated rings. The lowest BCUT2D eigenvalue weighted by Gasteiger charge is -2.29. The fourth-order valence-electron chi connectivity index (χ4n) is 2.43. The molecule has 3 heteroatoms. The summed E-state index contributed by atoms with van der Waals surface area (Å²) in [5.74, 6) is 6.28. The molecule has 0 bridgehead atoms. The summed E-state index contributed by atoms with van der Waals surface area (Å²) in [4.78, 5) is 17.0. The van der Waals surface area contributed by atoms with Gasteiger partial charge in [0, 0.05) is 29.3 Å². The van der Waals surface area contributed by atoms with Gasteiger partial charge in [-0.15, -0.1) is 0 Å². The molecule has 3 nitrogen and oxygen atoms in total. The van der Waals surface area contributed by atoms with Crippen LogP contribution in [0.5, 0.6) is 0 Å². The topological polar surface area (TPSA) is 42.0 Å². The van der Waals surface area contributed by atoms with E-state index in [-0.39, 0.29) is 23.3 Å². The molecule has 0 spiro atoms. The molecule has 0 aromatic carbocycles. The first kappa shape index (κ1) is 19.7. The average Bonchev–Trinajstić information content (AvgIpc) is 2.82. The van der Waals surface area contributed by atoms with Crippen LogP contribution in [0.15, 0.2) is 59.8 Å². The van der Waals surface area contributed by atoms with Crippen molar-refractivity contribution in [1.82, 2.24) is 10.3 Å². The number of nitrogens with zero attached hydrogens (tertiary/aromatic N) is 1. The molecule has 26 heavy (non-hydrogen) atoms. The van der Waals surface area contributed by atoms with Gasteiger partial charge in [0.2, 0.25) is 5.91 Å². The van der Waals surface area contributed by atoms with E-state index in [1.807, 2.05) is 43.4 Å². The lowest BCUT2D eigenvalue weighted by atomic mass is 9.87. The second-order valence-corrected chi connectivity index (χ2v) is 7.64. The first-order chi connectivity index (χ1) is 12.3. The van der Waals surface area contributed by atoms with Crippen LogP contribution in [-0.2, 0) is 4.79 Å². The summed E-state index contributed by atoms with van der Waals surface area (Å²) in [5.41, 5.74) is 2.42. The van der Waals surface area contributed by atoms with Crippen LogP contribution in [0, 0.1) is 23.2 Å². The Morgan fingerprint density at radius 2 is 2.04 bits per heavy atom. The molecular formula is C23H28N2O. The summed E-state index contributed by atoms with van der Waals surface area (Å²) in [7, 11) is 0. The Bertz CT molecular complexity index is 783. The van der Waals surface area contributed by atoms with Crippen molar-refractivity contribution in [1.29, 1.82) is 0 Å². The lowest BCUT2D eigenvalue weighted by molar-refractivity contribution is -0.119. The zero-order valence-corrected chi connectivity index (χ0v) is 16.3. The standard InChI is InChI=1S/C23H28N2O/c1-6-19-13-10-18(11-14-20-9-7-8-16-24-20)12-15-21(19)22(26)25-17(2)23(3,4)5/h7-10,12-13,15-17,19H,6H2,1-5H3,(H,25,26). The van der Waals surface area contributed by atoms with Crippen molar-refractivity contribution in [2.75, 3.05) is 0 Å². The second kappa shape index (κ2) is 8.67. The minimum absolute atomic E-state index is 0.000824. The highest BCUT2D eigenvalue weighted by molar-refractivity contribution is 5.95. The van der Waals surface area contributed by atoms with Crippen molar-refractivity contribution in [2.45, 2.75) is 47.1 Å². The minimum atomic E-state index is -0.000824. The summed E-state index contributed by atoms with van der Waals surface area (Å²) in [6.45, 7) is 10.5. The summed E-state index contributed by atoms with van der Waals surface area (Å²) < 4.78 is 0. The summed E-state index contributed by atoms with van der Waals surface area (Å²) in [6, 6.07) is 5.76. The molecule has 136 valence electrons. The van der Waals surface area contributed by atoms with E-state index in [4.69, 9.17) is 0 Å². The molecule has 0 saturated heterocycles. The van der Waals surface area contributed by atoms with Crippen molar-refractivity contribution in [2.24, 2.45) is 11.3 Å². The maximum Gasteiger partial charge on any atom is 0.248 e. The molecule has 1 aromatic rings. The van der Waals surface area contributed by atoms with Crippen molar-refractivity contribution in [3.05, 3.63) is 65.5 Å². The molecule has 1 aliphatic carbocycles. The Morgan fingerprint density at radius 3 is 2.65 bits per heavy atom. The third-order valence-electron chi connectivity index (χ3n) is 4.70. The van der Waals surface area contributed by atoms with E-state index in [9.17, 15) is 4.79 Å². The fraction of sp³-hybridized carbons (Fsp3) is 0.391. The van der Waals surface area contributed by atoms with E-state index in [1.165, 1.54) is 0 Å². The molecule has 2 atom stereocenters. The predicted molar refractivity (Wildman–Crippen MR) is 107 cm³/mol. The Kier molecular flexibility index (Phi) is 6.58. The van der Waals surface area contributed by atoms with Crippen LogP contribution >= 0.6 is 0 Å². The van der Waals surface area contributed by atoms with Gasteiger partial charge >= 0.3 is 0 Å². The van der Waals surface area contributed by atoms with Gasteiger partial charge in [-0.1, -0.05) is 51.8 Å². The number of amides is 1. The van der Waals surface area contributed by atoms with Gasteiger partial charge in [0.1, 0.15) is 5.69 Å². The maximum absolute atomic E-state index is 12.8. The number of carbonyl (C=O) groups is 1. The molecule has 1 aromatic heterocycles. The van der Waals surface area contributed by atoms with E-state index >= 15 is 0 Å². The van der Waals surface area contributed by atoms with E-state index in [0.29, 0.717) is 0 Å². The molecule has 1 aliphatic rings. The predicted octanol–water partition coefficient (Wildman–Crippen LogP) is 4.43. The molecule has 1 heterocycles. The van der Waals surface area contributed by atoms with Gasteiger partial charge in [0.15, 0.2) is 0 Å². The monoisotopic (exact) mass is 348 g/mol. The number of aromatic nitrogens is 1. The van der Waals surface area contributed by atoms with Crippen molar-refractivity contribution >= 4 is 5.91 Å². The zero-order chi connectivity index (χ0) is 19.2. The highest BCUT2D eigenvalue weighted by atomic mass is 16.1. The number of nitrogens with one attached hydrogen (secondary N) is 1. The molecule has 0 aliphatic heterocycles. The van der Waals surface area contributed by atoms with Gasteiger partial charge in [0.25, 0.3) is 0 Å². The number of hydrogen-bond acceptors (Lipinski definition) is 2. The van der Waals surface area contributed by atoms with Crippen LogP contribution in [0.1, 0.15) is 46.7 Å². The van der Waals surface area contributed by atoms with Gasteiger partial charge < -0.3 is 5.32 Å². The molecule has 1 amide bonds. The number of allylic oxidation sites excluding steroid dienone is 5. The van der Waals surface area contributed by atoms with Crippen LogP contribution in [0.4, 0.5) is 0 Å². The molecule has 2 unspecified atom stereocenters. The molecule has 1 N–H and O–H groups in total. The minimum Gasteiger partial charge on any atom is -0.349 e. The fourth-order valence-corrected chi connectivity index (χ4v) is 2.43. The second-order valence-electron chi connectivity index (χ2n) is 7.64. The Labute approximate surface area is 157 Å². The number of pyridine rings is 1. The summed E-state index contributed by atoms with van der Waals surface area (Å²) in [6.07, 6.45) is 10.5. The summed E-state index contributed by atoms with van der Waals surface area (Å²) in [5, 5.41) is 3.14. The van der Waals surface area contributed by atoms with Gasteiger partial charge in [-0.3, -0.25) is 4.79 Å². The van der Waals surface area contributed by atoms with Gasteiger partial charge in [-0.2, -0.15) is 0 Å². The van der Waals surface area contributed by atoms with Crippen LogP contribution in [-0.4, -0.2) is 16.9 Å². The first-order valence-corrected chi connectivity index (χ1v) is 9.15. The lowest BCUT2D eigenvalue weighted by Crippen LogP contribution is -2.42. The Balaban J connectivity index is 2.22. The van der Waals surface area contributed by atoms with Gasteiger partial charge in [-0.25, -0.2) is 4.98 Å². The normalized spacial score (nSPS) is 18.0. The average molecular weight is 348 g/mol. The van der Waals surface area contributed by atoms with Crippen LogP contribution in [0.25, 0.3) is 0 Å². The van der Waals surface area contributed by atoms with Gasteiger partial charge in [-0.05, 0) is 49.0 Å². The molecule has 2 rings (SSSR count). The largest absolute Gasteiger partial charge is 0.349 e. The number of carbonyl (C=O) groups excluding carboxylic acids is 1. The smallest absolute Gasteiger partial charge is 0.248 e. The Morgan fingerprint density at radius 1 is 1.27 bits per heavy atom. The number of rotatable bonds is 3. The maximum atomic E-state index is 12.8. The van der Waals surface area contributed by atoms with Crippen LogP contribution in [0.3, 0.4) is 0 Å². The molecule has 0 radical (unpaired) electrons. The van der Waals surface area contributed by atoms with E-state index in [1.54, 1.807) is 6.20 Å². The zero-order valence-electron chi connectivity index (χ0n) is 16.3. The van der Waals surface area contributed by atoms with E-state index in [2.05, 4.69) is 55.9 Å². The van der Waals surface area contributed by atoms with E-state index in [0.717, 1.165) is 23.3 Å². The third-order valence-corrected chi connectivity index (χ3v) is 4.70. The van der Waals surface area contributed by atoms with Crippen LogP contribution < -0.4 is 5.32 Å². The van der Waals surface area contributed by atoms with Crippen molar-refractivity contribution < 1.29 is 4.79 Å². The SMILES string of the molecule is CCC1C=CC(C#Cc2ccccn2)=CC=C1C(=O)NC(C)C(C)(C)C. The number of hydrogen-bond donors (Lipinski definition) is 1. The van der Waals surface area contributed by atoms with Crippen LogP contribution in [0.2, 0.25) is 0 Å². The first-order valence-electron chi connectivity index (χ1n) is 9.15. The molecular weight excluding hydrogens is 320 g/mol. The summed E-state index contributed by atoms with van der Waals surface area (Å²) >= 11 is 0.